The predicted molar refractivity (Wildman–Crippen MR) is 153 cm³/mol. The molecule has 0 unspecified atom stereocenters. The summed E-state index contributed by atoms with van der Waals surface area (Å²) in [6, 6.07) is 10.2. The summed E-state index contributed by atoms with van der Waals surface area (Å²) in [5, 5.41) is 13.0. The van der Waals surface area contributed by atoms with Crippen molar-refractivity contribution in [3.8, 4) is 16.9 Å². The van der Waals surface area contributed by atoms with E-state index in [0.717, 1.165) is 68.3 Å². The third-order valence-corrected chi connectivity index (χ3v) is 7.57. The number of pyridine rings is 1. The van der Waals surface area contributed by atoms with Gasteiger partial charge in [0.25, 0.3) is 0 Å². The average molecular weight is 555 g/mol. The van der Waals surface area contributed by atoms with Gasteiger partial charge in [-0.2, -0.15) is 9.61 Å². The summed E-state index contributed by atoms with van der Waals surface area (Å²) < 4.78 is 7.14. The Kier molecular flexibility index (Phi) is 8.33. The highest BCUT2D eigenvalue weighted by atomic mass is 35.5. The van der Waals surface area contributed by atoms with E-state index >= 15 is 0 Å². The molecule has 1 fully saturated rings. The quantitative estimate of drug-likeness (QED) is 0.269. The Morgan fingerprint density at radius 3 is 2.50 bits per heavy atom. The molecule has 0 amide bonds. The fourth-order valence-electron chi connectivity index (χ4n) is 5.08. The first-order chi connectivity index (χ1) is 18.4. The minimum Gasteiger partial charge on any atom is -0.497 e. The normalized spacial score (nSPS) is 14.8. The van der Waals surface area contributed by atoms with Crippen LogP contribution in [0.3, 0.4) is 0 Å². The molecule has 1 aliphatic heterocycles. The molecule has 0 saturated carbocycles. The van der Waals surface area contributed by atoms with Crippen molar-refractivity contribution in [1.29, 1.82) is 0 Å². The number of likely N-dealkylation sites (tertiary alicyclic amines) is 1. The first kappa shape index (κ1) is 26.7. The van der Waals surface area contributed by atoms with Crippen molar-refractivity contribution < 1.29 is 4.74 Å². The van der Waals surface area contributed by atoms with E-state index < -0.39 is 0 Å². The number of benzene rings is 1. The zero-order valence-corrected chi connectivity index (χ0v) is 23.5. The lowest BCUT2D eigenvalue weighted by molar-refractivity contribution is 0.191. The zero-order chi connectivity index (χ0) is 26.6. The van der Waals surface area contributed by atoms with Crippen molar-refractivity contribution in [2.75, 3.05) is 38.6 Å². The van der Waals surface area contributed by atoms with Gasteiger partial charge in [0.15, 0.2) is 5.65 Å². The first-order valence-corrected chi connectivity index (χ1v) is 13.7. The zero-order valence-electron chi connectivity index (χ0n) is 22.0. The number of anilines is 1. The van der Waals surface area contributed by atoms with Crippen LogP contribution in [0.2, 0.25) is 10.0 Å². The predicted octanol–water partition coefficient (Wildman–Crippen LogP) is 5.39. The monoisotopic (exact) mass is 553 g/mol. The van der Waals surface area contributed by atoms with Crippen molar-refractivity contribution in [2.24, 2.45) is 0 Å². The molecule has 5 rings (SSSR count). The van der Waals surface area contributed by atoms with Gasteiger partial charge in [-0.25, -0.2) is 4.98 Å². The van der Waals surface area contributed by atoms with Gasteiger partial charge in [-0.1, -0.05) is 29.3 Å². The summed E-state index contributed by atoms with van der Waals surface area (Å²) >= 11 is 13.2. The summed E-state index contributed by atoms with van der Waals surface area (Å²) in [5.41, 5.74) is 5.21. The van der Waals surface area contributed by atoms with Crippen LogP contribution in [0.15, 0.2) is 42.7 Å². The second-order valence-corrected chi connectivity index (χ2v) is 10.6. The molecule has 1 aliphatic rings. The third-order valence-electron chi connectivity index (χ3n) is 6.97. The first-order valence-electron chi connectivity index (χ1n) is 12.9. The van der Waals surface area contributed by atoms with E-state index in [1.54, 1.807) is 19.2 Å². The van der Waals surface area contributed by atoms with E-state index in [9.17, 15) is 0 Å². The molecule has 0 atom stereocenters. The minimum absolute atomic E-state index is 0.501. The van der Waals surface area contributed by atoms with Crippen LogP contribution >= 0.6 is 23.2 Å². The molecule has 8 nitrogen and oxygen atoms in total. The third kappa shape index (κ3) is 5.89. The number of aryl methyl sites for hydroxylation is 2. The van der Waals surface area contributed by atoms with Crippen molar-refractivity contribution in [1.82, 2.24) is 29.8 Å². The standard InChI is InChI=1S/C28H33Cl2N7O/c1-18-13-25(33-10-9-32-21-6-11-36(12-7-21)17-20-5-4-8-31-16-20)37-28(34-18)26(19(2)35-37)27-23(29)14-22(38-3)15-24(27)30/h4-5,8,13-16,21,32-33H,6-7,9-12,17H2,1-3H3. The van der Waals surface area contributed by atoms with E-state index in [1.807, 2.05) is 42.9 Å². The van der Waals surface area contributed by atoms with E-state index in [0.29, 0.717) is 33.0 Å². The Bertz CT molecular complexity index is 1380. The van der Waals surface area contributed by atoms with Crippen molar-refractivity contribution in [3.63, 3.8) is 0 Å². The van der Waals surface area contributed by atoms with Gasteiger partial charge in [0.1, 0.15) is 11.6 Å². The second kappa shape index (κ2) is 11.9. The van der Waals surface area contributed by atoms with E-state index in [2.05, 4.69) is 26.6 Å². The molecule has 4 aromatic rings. The number of nitrogens with zero attached hydrogens (tertiary/aromatic N) is 5. The fraction of sp³-hybridized carbons (Fsp3) is 0.393. The molecule has 0 spiro atoms. The fourth-order valence-corrected chi connectivity index (χ4v) is 5.74. The smallest absolute Gasteiger partial charge is 0.165 e. The Morgan fingerprint density at radius 2 is 1.82 bits per heavy atom. The van der Waals surface area contributed by atoms with E-state index in [1.165, 1.54) is 5.56 Å². The Balaban J connectivity index is 1.22. The molecule has 0 bridgehead atoms. The SMILES string of the molecule is COc1cc(Cl)c(-c2c(C)nn3c(NCCNC4CCN(Cc5cccnc5)CC4)cc(C)nc23)c(Cl)c1. The largest absolute Gasteiger partial charge is 0.497 e. The van der Waals surface area contributed by atoms with Crippen LogP contribution in [-0.2, 0) is 6.54 Å². The van der Waals surface area contributed by atoms with E-state index in [-0.39, 0.29) is 0 Å². The van der Waals surface area contributed by atoms with E-state index in [4.69, 9.17) is 38.0 Å². The molecule has 4 heterocycles. The summed E-state index contributed by atoms with van der Waals surface area (Å²) in [7, 11) is 1.59. The van der Waals surface area contributed by atoms with Gasteiger partial charge in [0.05, 0.1) is 28.4 Å². The van der Waals surface area contributed by atoms with Crippen LogP contribution in [0.5, 0.6) is 5.75 Å². The molecular weight excluding hydrogens is 521 g/mol. The molecule has 1 saturated heterocycles. The van der Waals surface area contributed by atoms with Crippen molar-refractivity contribution >= 4 is 34.7 Å². The average Bonchev–Trinajstić information content (AvgIpc) is 3.23. The van der Waals surface area contributed by atoms with Gasteiger partial charge in [-0.05, 0) is 63.5 Å². The number of hydrogen-bond donors (Lipinski definition) is 2. The van der Waals surface area contributed by atoms with Gasteiger partial charge in [-0.3, -0.25) is 9.88 Å². The molecule has 200 valence electrons. The maximum atomic E-state index is 6.62. The van der Waals surface area contributed by atoms with Crippen molar-refractivity contribution in [2.45, 2.75) is 39.3 Å². The summed E-state index contributed by atoms with van der Waals surface area (Å²) in [6.07, 6.45) is 6.07. The molecule has 2 N–H and O–H groups in total. The van der Waals surface area contributed by atoms with Crippen molar-refractivity contribution in [3.05, 3.63) is 69.7 Å². The molecule has 10 heteroatoms. The summed E-state index contributed by atoms with van der Waals surface area (Å²) in [4.78, 5) is 11.5. The topological polar surface area (TPSA) is 79.6 Å². The van der Waals surface area contributed by atoms with Gasteiger partial charge in [0, 0.05) is 55.4 Å². The van der Waals surface area contributed by atoms with Crippen LogP contribution in [0, 0.1) is 13.8 Å². The molecular formula is C28H33Cl2N7O. The number of ether oxygens (including phenoxy) is 1. The molecule has 0 radical (unpaired) electrons. The summed E-state index contributed by atoms with van der Waals surface area (Å²) in [6.45, 7) is 8.71. The number of hydrogen-bond acceptors (Lipinski definition) is 7. The molecule has 38 heavy (non-hydrogen) atoms. The highest BCUT2D eigenvalue weighted by Gasteiger charge is 2.22. The Labute approximate surface area is 233 Å². The molecule has 1 aromatic carbocycles. The summed E-state index contributed by atoms with van der Waals surface area (Å²) in [5.74, 6) is 1.49. The molecule has 0 aliphatic carbocycles. The number of halogens is 2. The Morgan fingerprint density at radius 1 is 1.05 bits per heavy atom. The van der Waals surface area contributed by atoms with Gasteiger partial charge < -0.3 is 15.4 Å². The van der Waals surface area contributed by atoms with Crippen LogP contribution in [0.4, 0.5) is 5.82 Å². The van der Waals surface area contributed by atoms with Crippen LogP contribution < -0.4 is 15.4 Å². The van der Waals surface area contributed by atoms with Gasteiger partial charge in [-0.15, -0.1) is 0 Å². The van der Waals surface area contributed by atoms with Gasteiger partial charge in [0.2, 0.25) is 0 Å². The number of fused-ring (bicyclic) bond motifs is 1. The number of methoxy groups -OCH3 is 1. The lowest BCUT2D eigenvalue weighted by Gasteiger charge is -2.32. The number of nitrogens with one attached hydrogen (secondary N) is 2. The number of piperidine rings is 1. The van der Waals surface area contributed by atoms with Crippen LogP contribution in [0.1, 0.15) is 29.8 Å². The van der Waals surface area contributed by atoms with Gasteiger partial charge >= 0.3 is 0 Å². The molecule has 3 aromatic heterocycles. The number of rotatable bonds is 9. The highest BCUT2D eigenvalue weighted by Crippen LogP contribution is 2.41. The maximum Gasteiger partial charge on any atom is 0.165 e. The lowest BCUT2D eigenvalue weighted by Crippen LogP contribution is -2.43. The lowest BCUT2D eigenvalue weighted by atomic mass is 10.0. The van der Waals surface area contributed by atoms with Crippen LogP contribution in [0.25, 0.3) is 16.8 Å². The number of aromatic nitrogens is 4. The van der Waals surface area contributed by atoms with Crippen LogP contribution in [-0.4, -0.2) is 63.8 Å². The highest BCUT2D eigenvalue weighted by molar-refractivity contribution is 6.39. The second-order valence-electron chi connectivity index (χ2n) is 9.74. The minimum atomic E-state index is 0.501. The maximum absolute atomic E-state index is 6.62. The Hall–Kier alpha value is -2.91.